The van der Waals surface area contributed by atoms with Gasteiger partial charge in [0, 0.05) is 6.54 Å². The molecule has 1 aromatic rings. The molecule has 0 fully saturated rings. The lowest BCUT2D eigenvalue weighted by Crippen LogP contribution is -2.35. The third kappa shape index (κ3) is 6.89. The molecule has 0 saturated carbocycles. The fourth-order valence-electron chi connectivity index (χ4n) is 1.84. The van der Waals surface area contributed by atoms with E-state index in [4.69, 9.17) is 0 Å². The minimum atomic E-state index is -3.71. The molecule has 5 nitrogen and oxygen atoms in total. The summed E-state index contributed by atoms with van der Waals surface area (Å²) in [6.07, 6.45) is 0.840. The number of hydrogen-bond acceptors (Lipinski definition) is 3. The maximum Gasteiger partial charge on any atom is 0.233 e. The second-order valence-corrected chi connectivity index (χ2v) is 7.54. The number of anilines is 1. The number of rotatable bonds is 8. The van der Waals surface area contributed by atoms with Gasteiger partial charge in [-0.25, -0.2) is 12.8 Å². The number of benzene rings is 1. The highest BCUT2D eigenvalue weighted by atomic mass is 32.2. The largest absolute Gasteiger partial charge is 0.356 e. The summed E-state index contributed by atoms with van der Waals surface area (Å²) in [5, 5.41) is 2.72. The molecule has 1 rings (SSSR count). The highest BCUT2D eigenvalue weighted by molar-refractivity contribution is 7.92. The number of sulfonamides is 1. The molecule has 0 spiro atoms. The molecule has 0 saturated heterocycles. The van der Waals surface area contributed by atoms with Crippen LogP contribution in [0, 0.1) is 17.7 Å². The van der Waals surface area contributed by atoms with Gasteiger partial charge in [-0.3, -0.25) is 9.52 Å². The van der Waals surface area contributed by atoms with Crippen molar-refractivity contribution in [1.82, 2.24) is 5.32 Å². The van der Waals surface area contributed by atoms with Gasteiger partial charge in [-0.15, -0.1) is 0 Å². The van der Waals surface area contributed by atoms with Crippen molar-refractivity contribution in [2.24, 2.45) is 11.8 Å². The molecule has 0 aliphatic carbocycles. The van der Waals surface area contributed by atoms with Gasteiger partial charge in [0.25, 0.3) is 0 Å². The van der Waals surface area contributed by atoms with E-state index < -0.39 is 21.8 Å². The first kappa shape index (κ1) is 18.4. The average Bonchev–Trinajstić information content (AvgIpc) is 2.36. The van der Waals surface area contributed by atoms with Crippen molar-refractivity contribution in [1.29, 1.82) is 0 Å². The lowest BCUT2D eigenvalue weighted by molar-refractivity contribution is -0.123. The average molecular weight is 330 g/mol. The Labute approximate surface area is 131 Å². The Hall–Kier alpha value is -1.63. The highest BCUT2D eigenvalue weighted by Gasteiger charge is 2.21. The normalized spacial score (nSPS) is 13.0. The van der Waals surface area contributed by atoms with Gasteiger partial charge in [0.05, 0.1) is 17.4 Å². The predicted octanol–water partition coefficient (Wildman–Crippen LogP) is 2.37. The molecule has 22 heavy (non-hydrogen) atoms. The fraction of sp³-hybridized carbons (Fsp3) is 0.533. The molecular formula is C15H23FN2O3S. The van der Waals surface area contributed by atoms with Crippen LogP contribution in [0.25, 0.3) is 0 Å². The standard InChI is InChI=1S/C15H23FN2O3S/c1-11(2)7-8-17-15(19)12(3)10-22(20,21)18-14-6-4-5-13(16)9-14/h4-6,9,11-12,18H,7-8,10H2,1-3H3,(H,17,19). The molecule has 0 aliphatic heterocycles. The van der Waals surface area contributed by atoms with Crippen molar-refractivity contribution in [2.45, 2.75) is 27.2 Å². The van der Waals surface area contributed by atoms with E-state index in [1.807, 2.05) is 13.8 Å². The molecule has 0 aliphatic rings. The molecule has 1 aromatic carbocycles. The summed E-state index contributed by atoms with van der Waals surface area (Å²) in [5.41, 5.74) is 0.146. The van der Waals surface area contributed by atoms with Crippen LogP contribution in [-0.2, 0) is 14.8 Å². The lowest BCUT2D eigenvalue weighted by Gasteiger charge is -2.14. The van der Waals surface area contributed by atoms with Crippen LogP contribution in [-0.4, -0.2) is 26.6 Å². The Balaban J connectivity index is 2.54. The van der Waals surface area contributed by atoms with E-state index in [-0.39, 0.29) is 17.3 Å². The summed E-state index contributed by atoms with van der Waals surface area (Å²) < 4.78 is 39.3. The van der Waals surface area contributed by atoms with Gasteiger partial charge in [-0.05, 0) is 30.5 Å². The van der Waals surface area contributed by atoms with Crippen LogP contribution >= 0.6 is 0 Å². The molecule has 1 unspecified atom stereocenters. The van der Waals surface area contributed by atoms with Gasteiger partial charge in [0.15, 0.2) is 0 Å². The van der Waals surface area contributed by atoms with Crippen LogP contribution in [0.5, 0.6) is 0 Å². The first-order valence-corrected chi connectivity index (χ1v) is 8.88. The minimum absolute atomic E-state index is 0.146. The van der Waals surface area contributed by atoms with Crippen molar-refractivity contribution in [3.05, 3.63) is 30.1 Å². The fourth-order valence-corrected chi connectivity index (χ4v) is 3.22. The van der Waals surface area contributed by atoms with Crippen molar-refractivity contribution >= 4 is 21.6 Å². The molecular weight excluding hydrogens is 307 g/mol. The third-order valence-electron chi connectivity index (χ3n) is 3.04. The van der Waals surface area contributed by atoms with Gasteiger partial charge in [-0.2, -0.15) is 0 Å². The maximum absolute atomic E-state index is 13.0. The topological polar surface area (TPSA) is 75.3 Å². The van der Waals surface area contributed by atoms with Gasteiger partial charge in [0.2, 0.25) is 15.9 Å². The van der Waals surface area contributed by atoms with E-state index in [0.29, 0.717) is 12.5 Å². The van der Waals surface area contributed by atoms with Crippen LogP contribution in [0.4, 0.5) is 10.1 Å². The van der Waals surface area contributed by atoms with Gasteiger partial charge >= 0.3 is 0 Å². The number of nitrogens with one attached hydrogen (secondary N) is 2. The molecule has 0 aromatic heterocycles. The van der Waals surface area contributed by atoms with Gasteiger partial charge in [0.1, 0.15) is 5.82 Å². The minimum Gasteiger partial charge on any atom is -0.356 e. The monoisotopic (exact) mass is 330 g/mol. The molecule has 0 heterocycles. The quantitative estimate of drug-likeness (QED) is 0.768. The van der Waals surface area contributed by atoms with Crippen molar-refractivity contribution in [3.8, 4) is 0 Å². The van der Waals surface area contributed by atoms with E-state index in [1.165, 1.54) is 18.2 Å². The zero-order valence-electron chi connectivity index (χ0n) is 13.1. The Bertz CT molecular complexity index is 603. The van der Waals surface area contributed by atoms with E-state index in [1.54, 1.807) is 6.92 Å². The van der Waals surface area contributed by atoms with Crippen LogP contribution in [0.3, 0.4) is 0 Å². The Morgan fingerprint density at radius 1 is 1.27 bits per heavy atom. The Morgan fingerprint density at radius 3 is 2.55 bits per heavy atom. The predicted molar refractivity (Wildman–Crippen MR) is 85.4 cm³/mol. The van der Waals surface area contributed by atoms with Gasteiger partial charge in [-0.1, -0.05) is 26.8 Å². The number of amides is 1. The molecule has 0 bridgehead atoms. The number of hydrogen-bond donors (Lipinski definition) is 2. The first-order valence-electron chi connectivity index (χ1n) is 7.23. The van der Waals surface area contributed by atoms with Crippen molar-refractivity contribution in [2.75, 3.05) is 17.0 Å². The second kappa shape index (κ2) is 8.12. The summed E-state index contributed by atoms with van der Waals surface area (Å²) in [6.45, 7) is 6.17. The van der Waals surface area contributed by atoms with Crippen molar-refractivity contribution < 1.29 is 17.6 Å². The van der Waals surface area contributed by atoms with E-state index in [0.717, 1.165) is 12.5 Å². The lowest BCUT2D eigenvalue weighted by atomic mass is 10.1. The molecule has 0 radical (unpaired) electrons. The van der Waals surface area contributed by atoms with Crippen molar-refractivity contribution in [3.63, 3.8) is 0 Å². The smallest absolute Gasteiger partial charge is 0.233 e. The zero-order valence-corrected chi connectivity index (χ0v) is 13.9. The molecule has 1 atom stereocenters. The summed E-state index contributed by atoms with van der Waals surface area (Å²) in [5.74, 6) is -1.39. The first-order chi connectivity index (χ1) is 10.2. The third-order valence-corrected chi connectivity index (χ3v) is 4.52. The SMILES string of the molecule is CC(C)CCNC(=O)C(C)CS(=O)(=O)Nc1cccc(F)c1. The van der Waals surface area contributed by atoms with E-state index in [2.05, 4.69) is 10.0 Å². The second-order valence-electron chi connectivity index (χ2n) is 5.77. The van der Waals surface area contributed by atoms with E-state index in [9.17, 15) is 17.6 Å². The zero-order chi connectivity index (χ0) is 16.8. The molecule has 2 N–H and O–H groups in total. The van der Waals surface area contributed by atoms with Crippen LogP contribution in [0.1, 0.15) is 27.2 Å². The van der Waals surface area contributed by atoms with Crippen LogP contribution in [0.2, 0.25) is 0 Å². The number of halogens is 1. The van der Waals surface area contributed by atoms with Gasteiger partial charge < -0.3 is 5.32 Å². The summed E-state index contributed by atoms with van der Waals surface area (Å²) in [7, 11) is -3.71. The summed E-state index contributed by atoms with van der Waals surface area (Å²) >= 11 is 0. The molecule has 124 valence electrons. The molecule has 7 heteroatoms. The number of carbonyl (C=O) groups is 1. The highest BCUT2D eigenvalue weighted by Crippen LogP contribution is 2.13. The summed E-state index contributed by atoms with van der Waals surface area (Å²) in [4.78, 5) is 11.8. The Morgan fingerprint density at radius 2 is 1.95 bits per heavy atom. The maximum atomic E-state index is 13.0. The van der Waals surface area contributed by atoms with Crippen LogP contribution < -0.4 is 10.0 Å². The summed E-state index contributed by atoms with van der Waals surface area (Å²) in [6, 6.07) is 5.18. The number of carbonyl (C=O) groups excluding carboxylic acids is 1. The molecule has 1 amide bonds. The van der Waals surface area contributed by atoms with Crippen LogP contribution in [0.15, 0.2) is 24.3 Å². The Kier molecular flexibility index (Phi) is 6.80. The van der Waals surface area contributed by atoms with E-state index >= 15 is 0 Å².